The summed E-state index contributed by atoms with van der Waals surface area (Å²) in [5.74, 6) is 0.370. The van der Waals surface area contributed by atoms with Crippen LogP contribution in [0.25, 0.3) is 5.57 Å². The van der Waals surface area contributed by atoms with E-state index in [1.54, 1.807) is 13.2 Å². The molecule has 1 aromatic carbocycles. The molecule has 1 saturated carbocycles. The predicted octanol–water partition coefficient (Wildman–Crippen LogP) is 4.91. The standard InChI is InChI=1S/C27H37F3N2O3/c1-18(2)26(11-7-22(16-26)31-23-10-14-35-17-24(23)34-3)25(33)32-12-8-19(9-13-32)20-5-4-6-21(15-20)27(28,29)30/h4-6,8,15,18,22-24,31H,7,9-14,16-17H2,1-3H3/t22-,23?,24?,26+/m1/s1. The fraction of sp³-hybridized carbons (Fsp3) is 0.667. The van der Waals surface area contributed by atoms with Crippen molar-refractivity contribution in [1.29, 1.82) is 0 Å². The van der Waals surface area contributed by atoms with Gasteiger partial charge in [0.25, 0.3) is 0 Å². The lowest BCUT2D eigenvalue weighted by atomic mass is 9.74. The number of benzene rings is 1. The van der Waals surface area contributed by atoms with Crippen LogP contribution in [0.3, 0.4) is 0 Å². The predicted molar refractivity (Wildman–Crippen MR) is 129 cm³/mol. The normalized spacial score (nSPS) is 30.0. The zero-order valence-electron chi connectivity index (χ0n) is 20.9. The Bertz CT molecular complexity index is 932. The van der Waals surface area contributed by atoms with E-state index in [0.717, 1.165) is 37.3 Å². The highest BCUT2D eigenvalue weighted by Crippen LogP contribution is 2.46. The summed E-state index contributed by atoms with van der Waals surface area (Å²) in [6, 6.07) is 5.94. The molecule has 4 rings (SSSR count). The zero-order valence-corrected chi connectivity index (χ0v) is 20.9. The number of alkyl halides is 3. The molecule has 2 fully saturated rings. The van der Waals surface area contributed by atoms with E-state index in [4.69, 9.17) is 9.47 Å². The second-order valence-electron chi connectivity index (χ2n) is 10.5. The maximum atomic E-state index is 13.8. The number of rotatable bonds is 6. The first-order valence-corrected chi connectivity index (χ1v) is 12.7. The van der Waals surface area contributed by atoms with Gasteiger partial charge in [-0.25, -0.2) is 0 Å². The first-order chi connectivity index (χ1) is 16.6. The first kappa shape index (κ1) is 26.2. The van der Waals surface area contributed by atoms with Gasteiger partial charge in [-0.3, -0.25) is 4.79 Å². The Morgan fingerprint density at radius 3 is 2.74 bits per heavy atom. The summed E-state index contributed by atoms with van der Waals surface area (Å²) in [6.45, 7) is 6.51. The highest BCUT2D eigenvalue weighted by Gasteiger charge is 2.49. The number of carbonyl (C=O) groups excluding carboxylic acids is 1. The molecule has 2 aliphatic heterocycles. The van der Waals surface area contributed by atoms with Gasteiger partial charge in [-0.05, 0) is 61.3 Å². The van der Waals surface area contributed by atoms with Gasteiger partial charge in [0, 0.05) is 38.9 Å². The summed E-state index contributed by atoms with van der Waals surface area (Å²) >= 11 is 0. The van der Waals surface area contributed by atoms with Crippen LogP contribution >= 0.6 is 0 Å². The van der Waals surface area contributed by atoms with Gasteiger partial charge in [0.1, 0.15) is 0 Å². The van der Waals surface area contributed by atoms with Crippen molar-refractivity contribution in [2.75, 3.05) is 33.4 Å². The highest BCUT2D eigenvalue weighted by molar-refractivity contribution is 5.84. The van der Waals surface area contributed by atoms with Gasteiger partial charge < -0.3 is 19.7 Å². The Kier molecular flexibility index (Phi) is 7.93. The van der Waals surface area contributed by atoms with Crippen molar-refractivity contribution in [3.05, 3.63) is 41.5 Å². The number of nitrogens with one attached hydrogen (secondary N) is 1. The molecule has 0 spiro atoms. The van der Waals surface area contributed by atoms with Gasteiger partial charge in [0.05, 0.1) is 23.7 Å². The zero-order chi connectivity index (χ0) is 25.2. The fourth-order valence-electron chi connectivity index (χ4n) is 5.95. The quantitative estimate of drug-likeness (QED) is 0.611. The second-order valence-corrected chi connectivity index (χ2v) is 10.5. The molecule has 0 radical (unpaired) electrons. The van der Waals surface area contributed by atoms with E-state index in [1.807, 2.05) is 11.0 Å². The summed E-state index contributed by atoms with van der Waals surface area (Å²) in [7, 11) is 1.71. The largest absolute Gasteiger partial charge is 0.416 e. The molecular formula is C27H37F3N2O3. The Labute approximate surface area is 206 Å². The van der Waals surface area contributed by atoms with Crippen molar-refractivity contribution < 1.29 is 27.4 Å². The molecule has 8 heteroatoms. The summed E-state index contributed by atoms with van der Waals surface area (Å²) in [6.07, 6.45) is 1.60. The third kappa shape index (κ3) is 5.59. The molecule has 2 unspecified atom stereocenters. The van der Waals surface area contributed by atoms with Crippen LogP contribution in [0.1, 0.15) is 57.1 Å². The summed E-state index contributed by atoms with van der Waals surface area (Å²) in [5.41, 5.74) is 0.389. The van der Waals surface area contributed by atoms with Gasteiger partial charge in [0.15, 0.2) is 0 Å². The van der Waals surface area contributed by atoms with Crippen LogP contribution in [0.5, 0.6) is 0 Å². The van der Waals surface area contributed by atoms with Crippen molar-refractivity contribution in [1.82, 2.24) is 10.2 Å². The SMILES string of the molecule is COC1COCCC1N[C@@H]1CC[C@@](C(=O)N2CC=C(c3cccc(C(F)(F)F)c3)CC2)(C(C)C)C1. The smallest absolute Gasteiger partial charge is 0.379 e. The number of hydrogen-bond donors (Lipinski definition) is 1. The number of amides is 1. The van der Waals surface area contributed by atoms with E-state index in [9.17, 15) is 18.0 Å². The van der Waals surface area contributed by atoms with Crippen LogP contribution in [-0.2, 0) is 20.4 Å². The molecule has 4 atom stereocenters. The molecule has 0 bridgehead atoms. The molecule has 3 aliphatic rings. The second kappa shape index (κ2) is 10.6. The van der Waals surface area contributed by atoms with Crippen LogP contribution in [-0.4, -0.2) is 62.4 Å². The lowest BCUT2D eigenvalue weighted by Gasteiger charge is -2.39. The first-order valence-electron chi connectivity index (χ1n) is 12.7. The van der Waals surface area contributed by atoms with Crippen molar-refractivity contribution in [3.63, 3.8) is 0 Å². The van der Waals surface area contributed by atoms with Crippen molar-refractivity contribution in [3.8, 4) is 0 Å². The molecule has 1 N–H and O–H groups in total. The van der Waals surface area contributed by atoms with E-state index >= 15 is 0 Å². The van der Waals surface area contributed by atoms with E-state index < -0.39 is 17.2 Å². The van der Waals surface area contributed by atoms with Gasteiger partial charge in [-0.2, -0.15) is 13.2 Å². The summed E-state index contributed by atoms with van der Waals surface area (Å²) < 4.78 is 50.5. The van der Waals surface area contributed by atoms with Crippen molar-refractivity contribution >= 4 is 11.5 Å². The van der Waals surface area contributed by atoms with Crippen molar-refractivity contribution in [2.45, 2.75) is 70.3 Å². The van der Waals surface area contributed by atoms with Gasteiger partial charge >= 0.3 is 6.18 Å². The van der Waals surface area contributed by atoms with Crippen LogP contribution in [0, 0.1) is 11.3 Å². The third-order valence-electron chi connectivity index (χ3n) is 8.19. The third-order valence-corrected chi connectivity index (χ3v) is 8.19. The Balaban J connectivity index is 1.43. The van der Waals surface area contributed by atoms with E-state index in [2.05, 4.69) is 19.2 Å². The number of methoxy groups -OCH3 is 1. The van der Waals surface area contributed by atoms with E-state index in [0.29, 0.717) is 38.3 Å². The summed E-state index contributed by atoms with van der Waals surface area (Å²) in [4.78, 5) is 15.7. The van der Waals surface area contributed by atoms with Crippen molar-refractivity contribution in [2.24, 2.45) is 11.3 Å². The maximum absolute atomic E-state index is 13.8. The number of halogens is 3. The monoisotopic (exact) mass is 494 g/mol. The van der Waals surface area contributed by atoms with Gasteiger partial charge in [-0.1, -0.05) is 32.1 Å². The van der Waals surface area contributed by atoms with E-state index in [-0.39, 0.29) is 30.0 Å². The average molecular weight is 495 g/mol. The molecular weight excluding hydrogens is 457 g/mol. The minimum absolute atomic E-state index is 0.0232. The number of carbonyl (C=O) groups is 1. The number of ether oxygens (including phenoxy) is 2. The fourth-order valence-corrected chi connectivity index (χ4v) is 5.95. The Hall–Kier alpha value is -1.90. The molecule has 0 aromatic heterocycles. The van der Waals surface area contributed by atoms with Crippen LogP contribution in [0.2, 0.25) is 0 Å². The molecule has 194 valence electrons. The van der Waals surface area contributed by atoms with E-state index in [1.165, 1.54) is 12.1 Å². The minimum atomic E-state index is -4.36. The topological polar surface area (TPSA) is 50.8 Å². The number of hydrogen-bond acceptors (Lipinski definition) is 4. The molecule has 5 nitrogen and oxygen atoms in total. The Morgan fingerprint density at radius 1 is 1.29 bits per heavy atom. The van der Waals surface area contributed by atoms with Gasteiger partial charge in [0.2, 0.25) is 5.91 Å². The lowest BCUT2D eigenvalue weighted by Crippen LogP contribution is -2.52. The Morgan fingerprint density at radius 2 is 2.09 bits per heavy atom. The molecule has 2 heterocycles. The molecule has 35 heavy (non-hydrogen) atoms. The molecule has 1 aliphatic carbocycles. The summed E-state index contributed by atoms with van der Waals surface area (Å²) in [5, 5.41) is 3.75. The minimum Gasteiger partial charge on any atom is -0.379 e. The maximum Gasteiger partial charge on any atom is 0.416 e. The molecule has 1 aromatic rings. The van der Waals surface area contributed by atoms with Crippen LogP contribution < -0.4 is 5.32 Å². The molecule has 1 saturated heterocycles. The highest BCUT2D eigenvalue weighted by atomic mass is 19.4. The number of nitrogens with zero attached hydrogens (tertiary/aromatic N) is 1. The average Bonchev–Trinajstić information content (AvgIpc) is 3.29. The lowest BCUT2D eigenvalue weighted by molar-refractivity contribution is -0.144. The molecule has 1 amide bonds. The van der Waals surface area contributed by atoms with Crippen LogP contribution in [0.15, 0.2) is 30.3 Å². The van der Waals surface area contributed by atoms with Crippen LogP contribution in [0.4, 0.5) is 13.2 Å². The van der Waals surface area contributed by atoms with Gasteiger partial charge in [-0.15, -0.1) is 0 Å².